The fourth-order valence-electron chi connectivity index (χ4n) is 2.34. The summed E-state index contributed by atoms with van der Waals surface area (Å²) in [6, 6.07) is 14.1. The number of hydrogen-bond acceptors (Lipinski definition) is 4. The van der Waals surface area contributed by atoms with E-state index in [0.717, 1.165) is 11.1 Å². The van der Waals surface area contributed by atoms with Crippen molar-refractivity contribution in [3.8, 4) is 5.75 Å². The topological polar surface area (TPSA) is 56.5 Å². The number of anilines is 1. The molecule has 0 unspecified atom stereocenters. The zero-order valence-electron chi connectivity index (χ0n) is 15.3. The van der Waals surface area contributed by atoms with Crippen LogP contribution in [-0.2, 0) is 23.3 Å². The van der Waals surface area contributed by atoms with Crippen LogP contribution in [0.1, 0.15) is 37.5 Å². The summed E-state index contributed by atoms with van der Waals surface area (Å²) in [5.74, 6) is 0.638. The average molecular weight is 359 g/mol. The SMILES string of the molecule is COc1cc(COC(=S)NCc2ccc(C(C)(C)C)cc2)ccc1N. The van der Waals surface area contributed by atoms with Gasteiger partial charge in [0.1, 0.15) is 12.4 Å². The Bertz CT molecular complexity index is 721. The second-order valence-corrected chi connectivity index (χ2v) is 7.32. The standard InChI is InChI=1S/C20H26N2O2S/c1-20(2,3)16-8-5-14(6-9-16)12-22-19(25)24-13-15-7-10-17(21)18(11-15)23-4/h5-11H,12-13,21H2,1-4H3,(H,22,25). The molecule has 0 saturated carbocycles. The molecule has 0 spiro atoms. The van der Waals surface area contributed by atoms with Crippen LogP contribution < -0.4 is 15.8 Å². The van der Waals surface area contributed by atoms with Crippen LogP contribution in [0.2, 0.25) is 0 Å². The zero-order valence-corrected chi connectivity index (χ0v) is 16.1. The van der Waals surface area contributed by atoms with E-state index in [2.05, 4.69) is 50.4 Å². The van der Waals surface area contributed by atoms with Crippen molar-refractivity contribution in [3.05, 3.63) is 59.2 Å². The number of methoxy groups -OCH3 is 1. The number of benzene rings is 2. The van der Waals surface area contributed by atoms with Gasteiger partial charge in [-0.1, -0.05) is 51.1 Å². The van der Waals surface area contributed by atoms with Gasteiger partial charge in [-0.05, 0) is 46.5 Å². The third-order valence-corrected chi connectivity index (χ3v) is 4.19. The molecule has 0 aliphatic heterocycles. The molecular formula is C20H26N2O2S. The minimum atomic E-state index is 0.157. The van der Waals surface area contributed by atoms with Gasteiger partial charge in [-0.25, -0.2) is 0 Å². The summed E-state index contributed by atoms with van der Waals surface area (Å²) in [7, 11) is 1.59. The maximum atomic E-state index is 5.80. The van der Waals surface area contributed by atoms with Gasteiger partial charge in [0, 0.05) is 6.54 Å². The predicted molar refractivity (Wildman–Crippen MR) is 107 cm³/mol. The second kappa shape index (κ2) is 8.21. The number of thiocarbonyl (C=S) groups is 1. The molecule has 0 fully saturated rings. The first-order valence-electron chi connectivity index (χ1n) is 8.22. The lowest BCUT2D eigenvalue weighted by Gasteiger charge is -2.19. The number of nitrogens with one attached hydrogen (secondary N) is 1. The number of hydrogen-bond donors (Lipinski definition) is 2. The van der Waals surface area contributed by atoms with Crippen LogP contribution >= 0.6 is 12.2 Å². The average Bonchev–Trinajstić information content (AvgIpc) is 2.58. The molecule has 0 saturated heterocycles. The van der Waals surface area contributed by atoms with Crippen molar-refractivity contribution in [2.24, 2.45) is 0 Å². The highest BCUT2D eigenvalue weighted by molar-refractivity contribution is 7.80. The smallest absolute Gasteiger partial charge is 0.257 e. The lowest BCUT2D eigenvalue weighted by atomic mass is 9.87. The van der Waals surface area contributed by atoms with Gasteiger partial charge in [0.15, 0.2) is 0 Å². The number of ether oxygens (including phenoxy) is 2. The summed E-state index contributed by atoms with van der Waals surface area (Å²) in [5.41, 5.74) is 9.98. The zero-order chi connectivity index (χ0) is 18.4. The first kappa shape index (κ1) is 19.1. The van der Waals surface area contributed by atoms with Crippen molar-refractivity contribution in [3.63, 3.8) is 0 Å². The first-order chi connectivity index (χ1) is 11.8. The molecule has 25 heavy (non-hydrogen) atoms. The summed E-state index contributed by atoms with van der Waals surface area (Å²) in [6.45, 7) is 7.61. The molecule has 0 amide bonds. The van der Waals surface area contributed by atoms with Gasteiger partial charge < -0.3 is 20.5 Å². The number of nitrogen functional groups attached to an aromatic ring is 1. The van der Waals surface area contributed by atoms with Gasteiger partial charge in [0.05, 0.1) is 12.8 Å². The molecule has 4 nitrogen and oxygen atoms in total. The molecule has 0 bridgehead atoms. The lowest BCUT2D eigenvalue weighted by Crippen LogP contribution is -2.23. The first-order valence-corrected chi connectivity index (χ1v) is 8.63. The Morgan fingerprint density at radius 2 is 1.72 bits per heavy atom. The molecule has 0 aliphatic carbocycles. The second-order valence-electron chi connectivity index (χ2n) is 6.95. The quantitative estimate of drug-likeness (QED) is 0.621. The molecule has 0 aromatic heterocycles. The van der Waals surface area contributed by atoms with E-state index in [1.54, 1.807) is 13.2 Å². The lowest BCUT2D eigenvalue weighted by molar-refractivity contribution is 0.285. The van der Waals surface area contributed by atoms with Crippen LogP contribution in [0.5, 0.6) is 5.75 Å². The normalized spacial score (nSPS) is 11.0. The van der Waals surface area contributed by atoms with E-state index in [-0.39, 0.29) is 5.41 Å². The predicted octanol–water partition coefficient (Wildman–Crippen LogP) is 4.17. The Balaban J connectivity index is 1.83. The van der Waals surface area contributed by atoms with Crippen LogP contribution in [0.4, 0.5) is 5.69 Å². The Labute approximate surface area is 155 Å². The minimum absolute atomic E-state index is 0.157. The molecule has 0 radical (unpaired) electrons. The van der Waals surface area contributed by atoms with Gasteiger partial charge in [-0.3, -0.25) is 0 Å². The largest absolute Gasteiger partial charge is 0.495 e. The van der Waals surface area contributed by atoms with Crippen LogP contribution in [0.3, 0.4) is 0 Å². The minimum Gasteiger partial charge on any atom is -0.495 e. The van der Waals surface area contributed by atoms with Crippen molar-refractivity contribution in [2.45, 2.75) is 39.3 Å². The van der Waals surface area contributed by atoms with Crippen molar-refractivity contribution >= 4 is 23.1 Å². The van der Waals surface area contributed by atoms with Gasteiger partial charge >= 0.3 is 0 Å². The third-order valence-electron chi connectivity index (χ3n) is 3.92. The monoisotopic (exact) mass is 358 g/mol. The van der Waals surface area contributed by atoms with Crippen LogP contribution in [0.15, 0.2) is 42.5 Å². The van der Waals surface area contributed by atoms with Gasteiger partial charge in [0.25, 0.3) is 5.17 Å². The summed E-state index contributed by atoms with van der Waals surface area (Å²) < 4.78 is 10.8. The molecule has 2 rings (SSSR count). The molecule has 0 atom stereocenters. The third kappa shape index (κ3) is 5.64. The summed E-state index contributed by atoms with van der Waals surface area (Å²) in [4.78, 5) is 0. The number of nitrogens with two attached hydrogens (primary N) is 1. The van der Waals surface area contributed by atoms with Crippen LogP contribution in [-0.4, -0.2) is 12.3 Å². The highest BCUT2D eigenvalue weighted by Gasteiger charge is 2.12. The van der Waals surface area contributed by atoms with Gasteiger partial charge in [-0.2, -0.15) is 0 Å². The molecule has 134 valence electrons. The Kier molecular flexibility index (Phi) is 6.26. The molecule has 2 aromatic carbocycles. The number of rotatable bonds is 5. The molecule has 2 aromatic rings. The van der Waals surface area contributed by atoms with Crippen molar-refractivity contribution in [1.82, 2.24) is 5.32 Å². The van der Waals surface area contributed by atoms with Crippen LogP contribution in [0.25, 0.3) is 0 Å². The Morgan fingerprint density at radius 3 is 2.32 bits per heavy atom. The maximum Gasteiger partial charge on any atom is 0.257 e. The Morgan fingerprint density at radius 1 is 1.08 bits per heavy atom. The molecule has 0 heterocycles. The van der Waals surface area contributed by atoms with Crippen molar-refractivity contribution in [1.29, 1.82) is 0 Å². The van der Waals surface area contributed by atoms with E-state index in [1.165, 1.54) is 5.56 Å². The molecular weight excluding hydrogens is 332 g/mol. The van der Waals surface area contributed by atoms with Gasteiger partial charge in [0.2, 0.25) is 0 Å². The van der Waals surface area contributed by atoms with E-state index < -0.39 is 0 Å². The van der Waals surface area contributed by atoms with E-state index >= 15 is 0 Å². The molecule has 0 aliphatic rings. The summed E-state index contributed by atoms with van der Waals surface area (Å²) in [6.07, 6.45) is 0. The summed E-state index contributed by atoms with van der Waals surface area (Å²) >= 11 is 5.24. The van der Waals surface area contributed by atoms with Gasteiger partial charge in [-0.15, -0.1) is 0 Å². The van der Waals surface area contributed by atoms with E-state index in [0.29, 0.717) is 29.8 Å². The van der Waals surface area contributed by atoms with Crippen molar-refractivity contribution in [2.75, 3.05) is 12.8 Å². The summed E-state index contributed by atoms with van der Waals surface area (Å²) in [5, 5.41) is 3.49. The van der Waals surface area contributed by atoms with Crippen LogP contribution in [0, 0.1) is 0 Å². The van der Waals surface area contributed by atoms with E-state index in [4.69, 9.17) is 27.4 Å². The van der Waals surface area contributed by atoms with E-state index in [9.17, 15) is 0 Å². The fraction of sp³-hybridized carbons (Fsp3) is 0.350. The molecule has 3 N–H and O–H groups in total. The maximum absolute atomic E-state index is 5.80. The Hall–Kier alpha value is -2.27. The van der Waals surface area contributed by atoms with E-state index in [1.807, 2.05) is 12.1 Å². The fourth-order valence-corrected chi connectivity index (χ4v) is 2.47. The van der Waals surface area contributed by atoms with Crippen molar-refractivity contribution < 1.29 is 9.47 Å². The highest BCUT2D eigenvalue weighted by atomic mass is 32.1. The molecule has 5 heteroatoms. The highest BCUT2D eigenvalue weighted by Crippen LogP contribution is 2.23.